The van der Waals surface area contributed by atoms with Crippen molar-refractivity contribution < 1.29 is 14.3 Å². The van der Waals surface area contributed by atoms with Crippen LogP contribution in [-0.2, 0) is 9.47 Å². The van der Waals surface area contributed by atoms with Gasteiger partial charge in [-0.3, -0.25) is 0 Å². The maximum Gasteiger partial charge on any atom is 0.509 e. The molecule has 0 saturated heterocycles. The van der Waals surface area contributed by atoms with E-state index in [4.69, 9.17) is 0 Å². The summed E-state index contributed by atoms with van der Waals surface area (Å²) in [5.74, 6) is 5.58. The Morgan fingerprint density at radius 3 is 2.67 bits per heavy atom. The van der Waals surface area contributed by atoms with Crippen molar-refractivity contribution in [3.05, 3.63) is 35.9 Å². The van der Waals surface area contributed by atoms with E-state index >= 15 is 0 Å². The molecule has 1 aromatic rings. The van der Waals surface area contributed by atoms with Gasteiger partial charge in [-0.25, -0.2) is 4.79 Å². The summed E-state index contributed by atoms with van der Waals surface area (Å²) in [6.07, 6.45) is -0.681. The number of benzene rings is 1. The summed E-state index contributed by atoms with van der Waals surface area (Å²) in [7, 11) is 0. The number of carbonyl (C=O) groups is 1. The molecule has 0 unspecified atom stereocenters. The van der Waals surface area contributed by atoms with Gasteiger partial charge in [-0.15, -0.1) is 0 Å². The summed E-state index contributed by atoms with van der Waals surface area (Å²) in [6.45, 7) is 2.08. The van der Waals surface area contributed by atoms with Crippen LogP contribution in [0.4, 0.5) is 4.79 Å². The van der Waals surface area contributed by atoms with Crippen LogP contribution < -0.4 is 0 Å². The van der Waals surface area contributed by atoms with Gasteiger partial charge < -0.3 is 9.47 Å². The van der Waals surface area contributed by atoms with Gasteiger partial charge >= 0.3 is 6.16 Å². The number of ether oxygens (including phenoxy) is 2. The molecule has 0 amide bonds. The minimum atomic E-state index is -0.681. The molecule has 1 aromatic carbocycles. The van der Waals surface area contributed by atoms with Gasteiger partial charge in [-0.2, -0.15) is 0 Å². The van der Waals surface area contributed by atoms with Crippen molar-refractivity contribution in [2.45, 2.75) is 6.92 Å². The molecule has 1 rings (SSSR count). The summed E-state index contributed by atoms with van der Waals surface area (Å²) in [5, 5.41) is 0. The lowest BCUT2D eigenvalue weighted by molar-refractivity contribution is 0.0687. The van der Waals surface area contributed by atoms with Crippen molar-refractivity contribution in [2.75, 3.05) is 13.2 Å². The quantitative estimate of drug-likeness (QED) is 0.547. The Balaban J connectivity index is 2.32. The Morgan fingerprint density at radius 2 is 2.00 bits per heavy atom. The van der Waals surface area contributed by atoms with E-state index in [9.17, 15) is 4.79 Å². The van der Waals surface area contributed by atoms with Crippen molar-refractivity contribution >= 4 is 6.16 Å². The van der Waals surface area contributed by atoms with Crippen LogP contribution in [0.2, 0.25) is 0 Å². The van der Waals surface area contributed by atoms with Crippen molar-refractivity contribution in [1.29, 1.82) is 0 Å². The van der Waals surface area contributed by atoms with Gasteiger partial charge in [-0.05, 0) is 19.1 Å². The third-order valence-electron chi connectivity index (χ3n) is 1.53. The minimum Gasteiger partial charge on any atom is -0.435 e. The monoisotopic (exact) mass is 204 g/mol. The Bertz CT molecular complexity index is 359. The molecule has 0 N–H and O–H groups in total. The fourth-order valence-electron chi connectivity index (χ4n) is 0.914. The Labute approximate surface area is 89.0 Å². The number of carbonyl (C=O) groups excluding carboxylic acids is 1. The average molecular weight is 204 g/mol. The predicted octanol–water partition coefficient (Wildman–Crippen LogP) is 2.21. The molecule has 3 nitrogen and oxygen atoms in total. The first-order chi connectivity index (χ1) is 7.33. The zero-order chi connectivity index (χ0) is 10.9. The van der Waals surface area contributed by atoms with Gasteiger partial charge in [0.05, 0.1) is 6.61 Å². The lowest BCUT2D eigenvalue weighted by Gasteiger charge is -1.98. The van der Waals surface area contributed by atoms with Gasteiger partial charge in [0.2, 0.25) is 0 Å². The van der Waals surface area contributed by atoms with Crippen LogP contribution in [0, 0.1) is 11.8 Å². The van der Waals surface area contributed by atoms with E-state index < -0.39 is 6.16 Å². The summed E-state index contributed by atoms with van der Waals surface area (Å²) >= 11 is 0. The zero-order valence-electron chi connectivity index (χ0n) is 8.53. The van der Waals surface area contributed by atoms with Gasteiger partial charge in [0.15, 0.2) is 6.61 Å². The molecule has 0 atom stereocenters. The highest BCUT2D eigenvalue weighted by Gasteiger charge is 1.97. The molecule has 0 aliphatic rings. The van der Waals surface area contributed by atoms with E-state index in [1.165, 1.54) is 0 Å². The molecule has 0 saturated carbocycles. The Hall–Kier alpha value is -1.95. The largest absolute Gasteiger partial charge is 0.509 e. The molecule has 3 heteroatoms. The molecule has 78 valence electrons. The van der Waals surface area contributed by atoms with Crippen LogP contribution in [0.25, 0.3) is 0 Å². The first-order valence-corrected chi connectivity index (χ1v) is 4.66. The molecule has 0 fully saturated rings. The van der Waals surface area contributed by atoms with Crippen molar-refractivity contribution in [3.8, 4) is 11.8 Å². The van der Waals surface area contributed by atoms with Crippen LogP contribution >= 0.6 is 0 Å². The predicted molar refractivity (Wildman–Crippen MR) is 56.3 cm³/mol. The molecule has 0 bridgehead atoms. The van der Waals surface area contributed by atoms with Gasteiger partial charge in [0.25, 0.3) is 0 Å². The normalized spacial score (nSPS) is 8.60. The molecule has 0 aromatic heterocycles. The second kappa shape index (κ2) is 6.50. The maximum absolute atomic E-state index is 10.7. The van der Waals surface area contributed by atoms with Gasteiger partial charge in [0.1, 0.15) is 0 Å². The third-order valence-corrected chi connectivity index (χ3v) is 1.53. The summed E-state index contributed by atoms with van der Waals surface area (Å²) in [6, 6.07) is 9.49. The summed E-state index contributed by atoms with van der Waals surface area (Å²) < 4.78 is 9.23. The lowest BCUT2D eigenvalue weighted by atomic mass is 10.2. The smallest absolute Gasteiger partial charge is 0.435 e. The number of hydrogen-bond donors (Lipinski definition) is 0. The molecule has 0 radical (unpaired) electrons. The highest BCUT2D eigenvalue weighted by molar-refractivity contribution is 5.60. The van der Waals surface area contributed by atoms with E-state index in [0.29, 0.717) is 6.61 Å². The Kier molecular flexibility index (Phi) is 4.82. The van der Waals surface area contributed by atoms with E-state index in [1.54, 1.807) is 6.92 Å². The standard InChI is InChI=1S/C12H12O3/c1-2-14-12(13)15-10-6-9-11-7-4-3-5-8-11/h3-5,7-8H,2,10H2,1H3. The van der Waals surface area contributed by atoms with Crippen LogP contribution in [0.5, 0.6) is 0 Å². The van der Waals surface area contributed by atoms with Crippen molar-refractivity contribution in [1.82, 2.24) is 0 Å². The SMILES string of the molecule is CCOC(=O)OCC#Cc1ccccc1. The topological polar surface area (TPSA) is 35.5 Å². The Morgan fingerprint density at radius 1 is 1.27 bits per heavy atom. The molecular formula is C12H12O3. The second-order valence-corrected chi connectivity index (χ2v) is 2.64. The number of rotatable bonds is 2. The van der Waals surface area contributed by atoms with Gasteiger partial charge in [-0.1, -0.05) is 30.0 Å². The van der Waals surface area contributed by atoms with Crippen LogP contribution in [0.1, 0.15) is 12.5 Å². The van der Waals surface area contributed by atoms with Crippen molar-refractivity contribution in [2.24, 2.45) is 0 Å². The highest BCUT2D eigenvalue weighted by Crippen LogP contribution is 1.94. The van der Waals surface area contributed by atoms with Crippen LogP contribution in [-0.4, -0.2) is 19.4 Å². The fourth-order valence-corrected chi connectivity index (χ4v) is 0.914. The minimum absolute atomic E-state index is 0.0493. The molecule has 0 aliphatic carbocycles. The third kappa shape index (κ3) is 4.72. The van der Waals surface area contributed by atoms with E-state index in [1.807, 2.05) is 30.3 Å². The molecule has 0 heterocycles. The molecule has 0 spiro atoms. The van der Waals surface area contributed by atoms with E-state index in [2.05, 4.69) is 21.3 Å². The van der Waals surface area contributed by atoms with Crippen LogP contribution in [0.3, 0.4) is 0 Å². The maximum atomic E-state index is 10.7. The van der Waals surface area contributed by atoms with Crippen LogP contribution in [0.15, 0.2) is 30.3 Å². The first-order valence-electron chi connectivity index (χ1n) is 4.66. The second-order valence-electron chi connectivity index (χ2n) is 2.64. The average Bonchev–Trinajstić information content (AvgIpc) is 2.26. The van der Waals surface area contributed by atoms with Gasteiger partial charge in [0, 0.05) is 5.56 Å². The summed E-state index contributed by atoms with van der Waals surface area (Å²) in [5.41, 5.74) is 0.893. The fraction of sp³-hybridized carbons (Fsp3) is 0.250. The van der Waals surface area contributed by atoms with E-state index in [-0.39, 0.29) is 6.61 Å². The molecule has 0 aliphatic heterocycles. The highest BCUT2D eigenvalue weighted by atomic mass is 16.7. The number of hydrogen-bond acceptors (Lipinski definition) is 3. The lowest BCUT2D eigenvalue weighted by Crippen LogP contribution is -2.06. The molecular weight excluding hydrogens is 192 g/mol. The first kappa shape index (κ1) is 11.1. The zero-order valence-corrected chi connectivity index (χ0v) is 8.53. The van der Waals surface area contributed by atoms with Crippen molar-refractivity contribution in [3.63, 3.8) is 0 Å². The van der Waals surface area contributed by atoms with E-state index in [0.717, 1.165) is 5.56 Å². The summed E-state index contributed by atoms with van der Waals surface area (Å²) in [4.78, 5) is 10.7. The molecule has 15 heavy (non-hydrogen) atoms.